The smallest absolute Gasteiger partial charge is 0.253 e. The monoisotopic (exact) mass is 359 g/mol. The Labute approximate surface area is 157 Å². The van der Waals surface area contributed by atoms with Gasteiger partial charge >= 0.3 is 0 Å². The number of nitrogens with zero attached hydrogens (tertiary/aromatic N) is 3. The molecular formula is C21H33N3O2. The van der Waals surface area contributed by atoms with Crippen LogP contribution in [0, 0.1) is 11.8 Å². The van der Waals surface area contributed by atoms with Gasteiger partial charge in [-0.25, -0.2) is 0 Å². The molecule has 26 heavy (non-hydrogen) atoms. The van der Waals surface area contributed by atoms with Crippen LogP contribution < -0.4 is 0 Å². The van der Waals surface area contributed by atoms with Crippen LogP contribution in [0.25, 0.3) is 0 Å². The second kappa shape index (κ2) is 7.67. The molecule has 0 saturated carbocycles. The van der Waals surface area contributed by atoms with E-state index in [0.29, 0.717) is 18.7 Å². The quantitative estimate of drug-likeness (QED) is 0.892. The van der Waals surface area contributed by atoms with Gasteiger partial charge in [-0.1, -0.05) is 32.9 Å². The Hall–Kier alpha value is -1.43. The predicted octanol–water partition coefficient (Wildman–Crippen LogP) is 1.91. The van der Waals surface area contributed by atoms with Gasteiger partial charge < -0.3 is 14.9 Å². The van der Waals surface area contributed by atoms with Crippen LogP contribution in [-0.2, 0) is 6.54 Å². The van der Waals surface area contributed by atoms with E-state index in [-0.39, 0.29) is 17.7 Å². The summed E-state index contributed by atoms with van der Waals surface area (Å²) in [6.45, 7) is 12.5. The van der Waals surface area contributed by atoms with Gasteiger partial charge in [-0.3, -0.25) is 9.69 Å². The number of likely N-dealkylation sites (tertiary alicyclic amines) is 1. The first-order valence-corrected chi connectivity index (χ1v) is 9.81. The molecule has 1 N–H and O–H groups in total. The summed E-state index contributed by atoms with van der Waals surface area (Å²) in [5.41, 5.74) is 1.18. The second-order valence-electron chi connectivity index (χ2n) is 8.51. The summed E-state index contributed by atoms with van der Waals surface area (Å²) in [6, 6.07) is 8.01. The second-order valence-corrected chi connectivity index (χ2v) is 8.51. The van der Waals surface area contributed by atoms with E-state index in [2.05, 4.69) is 29.0 Å². The maximum atomic E-state index is 12.8. The molecule has 0 spiro atoms. The Morgan fingerprint density at radius 3 is 2.35 bits per heavy atom. The Morgan fingerprint density at radius 2 is 1.81 bits per heavy atom. The van der Waals surface area contributed by atoms with Crippen molar-refractivity contribution in [3.05, 3.63) is 35.4 Å². The van der Waals surface area contributed by atoms with Gasteiger partial charge in [0.25, 0.3) is 5.91 Å². The molecule has 0 bridgehead atoms. The van der Waals surface area contributed by atoms with Crippen LogP contribution in [0.15, 0.2) is 24.3 Å². The zero-order valence-electron chi connectivity index (χ0n) is 16.6. The van der Waals surface area contributed by atoms with Gasteiger partial charge in [0, 0.05) is 50.7 Å². The van der Waals surface area contributed by atoms with Crippen LogP contribution in [0.4, 0.5) is 0 Å². The summed E-state index contributed by atoms with van der Waals surface area (Å²) >= 11 is 0. The molecule has 2 saturated heterocycles. The van der Waals surface area contributed by atoms with Crippen molar-refractivity contribution in [3.63, 3.8) is 0 Å². The number of rotatable bonds is 4. The van der Waals surface area contributed by atoms with E-state index in [4.69, 9.17) is 0 Å². The lowest BCUT2D eigenvalue weighted by atomic mass is 9.82. The maximum absolute atomic E-state index is 12.8. The molecule has 2 heterocycles. The number of likely N-dealkylation sites (N-methyl/N-ethyl adjacent to an activating group) is 1. The first kappa shape index (κ1) is 19.3. The topological polar surface area (TPSA) is 47.0 Å². The lowest BCUT2D eigenvalue weighted by Gasteiger charge is -2.32. The molecule has 2 unspecified atom stereocenters. The van der Waals surface area contributed by atoms with E-state index < -0.39 is 5.60 Å². The number of aliphatic hydroxyl groups is 1. The molecule has 1 amide bonds. The molecule has 5 heteroatoms. The van der Waals surface area contributed by atoms with Crippen molar-refractivity contribution in [2.24, 2.45) is 11.8 Å². The lowest BCUT2D eigenvalue weighted by molar-refractivity contribution is -0.0243. The number of β-amino-alcohol motifs (C(OH)–C–C–N with tert-alkyl or cyclic N) is 1. The zero-order valence-corrected chi connectivity index (χ0v) is 16.6. The van der Waals surface area contributed by atoms with Crippen molar-refractivity contribution in [1.29, 1.82) is 0 Å². The van der Waals surface area contributed by atoms with Crippen molar-refractivity contribution >= 4 is 5.91 Å². The van der Waals surface area contributed by atoms with Gasteiger partial charge in [0.1, 0.15) is 0 Å². The summed E-state index contributed by atoms with van der Waals surface area (Å²) in [4.78, 5) is 19.5. The van der Waals surface area contributed by atoms with Crippen molar-refractivity contribution < 1.29 is 9.90 Å². The van der Waals surface area contributed by atoms with Crippen LogP contribution in [0.1, 0.15) is 36.7 Å². The number of piperazine rings is 1. The minimum atomic E-state index is -0.781. The molecule has 144 valence electrons. The number of carbonyl (C=O) groups is 1. The molecule has 2 aliphatic rings. The maximum Gasteiger partial charge on any atom is 0.253 e. The summed E-state index contributed by atoms with van der Waals surface area (Å²) < 4.78 is 0. The fraction of sp³-hybridized carbons (Fsp3) is 0.667. The number of hydrogen-bond acceptors (Lipinski definition) is 4. The molecule has 5 nitrogen and oxygen atoms in total. The molecule has 2 fully saturated rings. The van der Waals surface area contributed by atoms with Crippen LogP contribution in [0.2, 0.25) is 0 Å². The van der Waals surface area contributed by atoms with E-state index >= 15 is 0 Å². The van der Waals surface area contributed by atoms with Gasteiger partial charge in [0.2, 0.25) is 0 Å². The first-order valence-electron chi connectivity index (χ1n) is 9.81. The fourth-order valence-corrected chi connectivity index (χ4v) is 4.12. The number of carbonyl (C=O) groups excluding carboxylic acids is 1. The molecule has 2 atom stereocenters. The predicted molar refractivity (Wildman–Crippen MR) is 104 cm³/mol. The molecular weight excluding hydrogens is 326 g/mol. The standard InChI is InChI=1S/C21H33N3O2/c1-16(2)21(26)15-24(13-17(21)3)20(25)19-7-5-18(6-8-19)14-23-11-9-22(4)10-12-23/h5-8,16-17,26H,9-15H2,1-4H3. The van der Waals surface area contributed by atoms with Crippen molar-refractivity contribution in [3.8, 4) is 0 Å². The third kappa shape index (κ3) is 3.95. The highest BCUT2D eigenvalue weighted by atomic mass is 16.3. The lowest BCUT2D eigenvalue weighted by Crippen LogP contribution is -2.43. The SMILES string of the molecule is CC(C)C1(O)CN(C(=O)c2ccc(CN3CCN(C)CC3)cc2)CC1C. The molecule has 2 aliphatic heterocycles. The minimum Gasteiger partial charge on any atom is -0.387 e. The highest BCUT2D eigenvalue weighted by Gasteiger charge is 2.46. The highest BCUT2D eigenvalue weighted by Crippen LogP contribution is 2.34. The normalized spacial score (nSPS) is 28.1. The van der Waals surface area contributed by atoms with Gasteiger partial charge in [0.05, 0.1) is 12.1 Å². The number of amides is 1. The fourth-order valence-electron chi connectivity index (χ4n) is 4.12. The molecule has 0 aliphatic carbocycles. The van der Waals surface area contributed by atoms with Gasteiger partial charge in [-0.05, 0) is 30.7 Å². The molecule has 3 rings (SSSR count). The third-order valence-corrected chi connectivity index (χ3v) is 6.28. The van der Waals surface area contributed by atoms with Crippen molar-refractivity contribution in [2.75, 3.05) is 46.3 Å². The van der Waals surface area contributed by atoms with Gasteiger partial charge in [0.15, 0.2) is 0 Å². The van der Waals surface area contributed by atoms with Crippen LogP contribution >= 0.6 is 0 Å². The van der Waals surface area contributed by atoms with E-state index in [1.165, 1.54) is 5.56 Å². The van der Waals surface area contributed by atoms with Crippen LogP contribution in [0.5, 0.6) is 0 Å². The third-order valence-electron chi connectivity index (χ3n) is 6.28. The Balaban J connectivity index is 1.61. The molecule has 0 aromatic heterocycles. The summed E-state index contributed by atoms with van der Waals surface area (Å²) in [7, 11) is 2.16. The number of hydrogen-bond donors (Lipinski definition) is 1. The summed E-state index contributed by atoms with van der Waals surface area (Å²) in [5.74, 6) is 0.267. The number of benzene rings is 1. The van der Waals surface area contributed by atoms with E-state index in [1.54, 1.807) is 4.90 Å². The highest BCUT2D eigenvalue weighted by molar-refractivity contribution is 5.94. The first-order chi connectivity index (χ1) is 12.3. The molecule has 0 radical (unpaired) electrons. The summed E-state index contributed by atoms with van der Waals surface area (Å²) in [6.07, 6.45) is 0. The molecule has 1 aromatic rings. The average molecular weight is 360 g/mol. The average Bonchev–Trinajstić information content (AvgIpc) is 2.93. The minimum absolute atomic E-state index is 0.0274. The Bertz CT molecular complexity index is 623. The Kier molecular flexibility index (Phi) is 5.70. The zero-order chi connectivity index (χ0) is 18.9. The van der Waals surface area contributed by atoms with E-state index in [9.17, 15) is 9.90 Å². The van der Waals surface area contributed by atoms with Gasteiger partial charge in [-0.15, -0.1) is 0 Å². The van der Waals surface area contributed by atoms with Crippen LogP contribution in [-0.4, -0.2) is 77.6 Å². The van der Waals surface area contributed by atoms with E-state index in [0.717, 1.165) is 32.7 Å². The van der Waals surface area contributed by atoms with Crippen LogP contribution in [0.3, 0.4) is 0 Å². The molecule has 1 aromatic carbocycles. The van der Waals surface area contributed by atoms with E-state index in [1.807, 2.05) is 32.9 Å². The largest absolute Gasteiger partial charge is 0.387 e. The van der Waals surface area contributed by atoms with Crippen molar-refractivity contribution in [1.82, 2.24) is 14.7 Å². The Morgan fingerprint density at radius 1 is 1.19 bits per heavy atom. The van der Waals surface area contributed by atoms with Crippen molar-refractivity contribution in [2.45, 2.75) is 32.9 Å². The summed E-state index contributed by atoms with van der Waals surface area (Å²) in [5, 5.41) is 10.8. The van der Waals surface area contributed by atoms with Gasteiger partial charge in [-0.2, -0.15) is 0 Å².